The van der Waals surface area contributed by atoms with Crippen LogP contribution in [0.25, 0.3) is 6.08 Å². The molecule has 1 N–H and O–H groups in total. The second-order valence-corrected chi connectivity index (χ2v) is 9.14. The lowest BCUT2D eigenvalue weighted by Crippen LogP contribution is -2.30. The maximum atomic E-state index is 13.0. The van der Waals surface area contributed by atoms with Crippen LogP contribution in [-0.2, 0) is 16.1 Å². The van der Waals surface area contributed by atoms with Gasteiger partial charge in [0.05, 0.1) is 17.0 Å². The number of rotatable bonds is 11. The van der Waals surface area contributed by atoms with Crippen LogP contribution in [0.3, 0.4) is 0 Å². The number of nitrogens with one attached hydrogen (secondary N) is 1. The molecule has 0 spiro atoms. The SMILES string of the molecule is CCOC(=O)c1c(NC(=O)/C=C/c2ccc(OCc3ccccc3)cc2)sc(C(=O)N(CC)CC)c1C. The zero-order chi connectivity index (χ0) is 26.8. The van der Waals surface area contributed by atoms with Gasteiger partial charge in [0.1, 0.15) is 17.4 Å². The Labute approximate surface area is 221 Å². The Balaban J connectivity index is 1.71. The summed E-state index contributed by atoms with van der Waals surface area (Å²) in [5.41, 5.74) is 2.61. The van der Waals surface area contributed by atoms with E-state index in [-0.39, 0.29) is 18.1 Å². The third-order valence-corrected chi connectivity index (χ3v) is 6.86. The summed E-state index contributed by atoms with van der Waals surface area (Å²) in [6.07, 6.45) is 3.05. The van der Waals surface area contributed by atoms with Crippen molar-refractivity contribution in [3.05, 3.63) is 87.8 Å². The summed E-state index contributed by atoms with van der Waals surface area (Å²) in [6, 6.07) is 17.3. The number of carbonyl (C=O) groups is 3. The molecule has 0 saturated heterocycles. The van der Waals surface area contributed by atoms with Gasteiger partial charge in [0.25, 0.3) is 5.91 Å². The minimum atomic E-state index is -0.569. The lowest BCUT2D eigenvalue weighted by Gasteiger charge is -2.18. The van der Waals surface area contributed by atoms with Gasteiger partial charge in [-0.3, -0.25) is 9.59 Å². The number of benzene rings is 2. The summed E-state index contributed by atoms with van der Waals surface area (Å²) in [5.74, 6) is -0.439. The topological polar surface area (TPSA) is 84.9 Å². The van der Waals surface area contributed by atoms with Crippen molar-refractivity contribution < 1.29 is 23.9 Å². The first-order chi connectivity index (χ1) is 17.9. The van der Waals surface area contributed by atoms with E-state index in [1.807, 2.05) is 68.4 Å². The maximum absolute atomic E-state index is 13.0. The summed E-state index contributed by atoms with van der Waals surface area (Å²) in [5, 5.41) is 3.05. The number of anilines is 1. The molecule has 1 heterocycles. The molecule has 8 heteroatoms. The second-order valence-electron chi connectivity index (χ2n) is 8.12. The van der Waals surface area contributed by atoms with Crippen LogP contribution in [0.1, 0.15) is 57.5 Å². The van der Waals surface area contributed by atoms with E-state index >= 15 is 0 Å². The van der Waals surface area contributed by atoms with Gasteiger partial charge in [0.2, 0.25) is 5.91 Å². The highest BCUT2D eigenvalue weighted by Gasteiger charge is 2.28. The van der Waals surface area contributed by atoms with Crippen molar-refractivity contribution in [2.75, 3.05) is 25.0 Å². The molecule has 194 valence electrons. The molecule has 3 aromatic rings. The van der Waals surface area contributed by atoms with Crippen LogP contribution in [0, 0.1) is 6.92 Å². The van der Waals surface area contributed by atoms with Gasteiger partial charge >= 0.3 is 5.97 Å². The predicted molar refractivity (Wildman–Crippen MR) is 147 cm³/mol. The number of hydrogen-bond donors (Lipinski definition) is 1. The molecule has 0 fully saturated rings. The first kappa shape index (κ1) is 27.7. The van der Waals surface area contributed by atoms with Gasteiger partial charge in [0, 0.05) is 19.2 Å². The van der Waals surface area contributed by atoms with Crippen LogP contribution in [0.2, 0.25) is 0 Å². The Morgan fingerprint density at radius 1 is 0.973 bits per heavy atom. The third kappa shape index (κ3) is 7.30. The quantitative estimate of drug-likeness (QED) is 0.250. The van der Waals surface area contributed by atoms with Crippen LogP contribution in [-0.4, -0.2) is 42.4 Å². The highest BCUT2D eigenvalue weighted by Crippen LogP contribution is 2.34. The van der Waals surface area contributed by atoms with Gasteiger partial charge in [-0.1, -0.05) is 42.5 Å². The van der Waals surface area contributed by atoms with E-state index in [4.69, 9.17) is 9.47 Å². The highest BCUT2D eigenvalue weighted by atomic mass is 32.1. The fourth-order valence-corrected chi connectivity index (χ4v) is 4.82. The van der Waals surface area contributed by atoms with Gasteiger partial charge in [-0.2, -0.15) is 0 Å². The van der Waals surface area contributed by atoms with Gasteiger partial charge in [0.15, 0.2) is 0 Å². The van der Waals surface area contributed by atoms with E-state index in [0.717, 1.165) is 28.2 Å². The summed E-state index contributed by atoms with van der Waals surface area (Å²) < 4.78 is 11.0. The van der Waals surface area contributed by atoms with E-state index in [1.54, 1.807) is 24.8 Å². The van der Waals surface area contributed by atoms with Crippen molar-refractivity contribution >= 4 is 40.2 Å². The van der Waals surface area contributed by atoms with Gasteiger partial charge in [-0.25, -0.2) is 4.79 Å². The summed E-state index contributed by atoms with van der Waals surface area (Å²) in [6.45, 7) is 8.95. The molecule has 3 rings (SSSR count). The molecule has 0 unspecified atom stereocenters. The fraction of sp³-hybridized carbons (Fsp3) is 0.276. The molecule has 1 aromatic heterocycles. The van der Waals surface area contributed by atoms with Crippen molar-refractivity contribution in [2.45, 2.75) is 34.3 Å². The molecule has 0 radical (unpaired) electrons. The third-order valence-electron chi connectivity index (χ3n) is 5.66. The van der Waals surface area contributed by atoms with Gasteiger partial charge in [-0.15, -0.1) is 11.3 Å². The summed E-state index contributed by atoms with van der Waals surface area (Å²) in [4.78, 5) is 40.4. The zero-order valence-corrected chi connectivity index (χ0v) is 22.4. The predicted octanol–water partition coefficient (Wildman–Crippen LogP) is 5.95. The molecule has 0 aliphatic heterocycles. The first-order valence-corrected chi connectivity index (χ1v) is 13.0. The van der Waals surface area contributed by atoms with Gasteiger partial charge < -0.3 is 19.7 Å². The highest BCUT2D eigenvalue weighted by molar-refractivity contribution is 7.18. The number of hydrogen-bond acceptors (Lipinski definition) is 6. The molecule has 2 amide bonds. The van der Waals surface area contributed by atoms with E-state index < -0.39 is 11.9 Å². The van der Waals surface area contributed by atoms with Crippen molar-refractivity contribution in [2.24, 2.45) is 0 Å². The van der Waals surface area contributed by atoms with Crippen LogP contribution in [0.5, 0.6) is 5.75 Å². The number of ether oxygens (including phenoxy) is 2. The van der Waals surface area contributed by atoms with Crippen LogP contribution < -0.4 is 10.1 Å². The molecule has 0 atom stereocenters. The van der Waals surface area contributed by atoms with Crippen molar-refractivity contribution in [1.82, 2.24) is 4.90 Å². The second kappa shape index (κ2) is 13.4. The molecule has 0 aliphatic rings. The standard InChI is InChI=1S/C29H32N2O5S/c1-5-31(6-2)28(33)26-20(4)25(29(34)35-7-3)27(37-26)30-24(32)18-15-21-13-16-23(17-14-21)36-19-22-11-9-8-10-12-22/h8-18H,5-7,19H2,1-4H3,(H,30,32)/b18-15+. The van der Waals surface area contributed by atoms with Crippen molar-refractivity contribution in [1.29, 1.82) is 0 Å². The van der Waals surface area contributed by atoms with Crippen LogP contribution in [0.15, 0.2) is 60.7 Å². The number of nitrogens with zero attached hydrogens (tertiary/aromatic N) is 1. The lowest BCUT2D eigenvalue weighted by molar-refractivity contribution is -0.111. The normalized spacial score (nSPS) is 10.8. The lowest BCUT2D eigenvalue weighted by atomic mass is 10.1. The van der Waals surface area contributed by atoms with E-state index in [9.17, 15) is 14.4 Å². The average molecular weight is 521 g/mol. The van der Waals surface area contributed by atoms with E-state index in [1.165, 1.54) is 6.08 Å². The zero-order valence-electron chi connectivity index (χ0n) is 21.6. The minimum Gasteiger partial charge on any atom is -0.489 e. The molecule has 37 heavy (non-hydrogen) atoms. The van der Waals surface area contributed by atoms with Crippen LogP contribution in [0.4, 0.5) is 5.00 Å². The van der Waals surface area contributed by atoms with Gasteiger partial charge in [-0.05, 0) is 62.6 Å². The average Bonchev–Trinajstić information content (AvgIpc) is 3.23. The number of carbonyl (C=O) groups excluding carboxylic acids is 3. The number of thiophene rings is 1. The Hall–Kier alpha value is -3.91. The smallest absolute Gasteiger partial charge is 0.341 e. The largest absolute Gasteiger partial charge is 0.489 e. The Morgan fingerprint density at radius 3 is 2.27 bits per heavy atom. The summed E-state index contributed by atoms with van der Waals surface area (Å²) in [7, 11) is 0. The minimum absolute atomic E-state index is 0.177. The van der Waals surface area contributed by atoms with Crippen LogP contribution >= 0.6 is 11.3 Å². The Bertz CT molecular complexity index is 1250. The Kier molecular flexibility index (Phi) is 10.0. The molecular formula is C29H32N2O5S. The summed E-state index contributed by atoms with van der Waals surface area (Å²) >= 11 is 1.09. The van der Waals surface area contributed by atoms with Crippen molar-refractivity contribution in [3.8, 4) is 5.75 Å². The molecule has 7 nitrogen and oxygen atoms in total. The molecular weight excluding hydrogens is 488 g/mol. The van der Waals surface area contributed by atoms with Crippen molar-refractivity contribution in [3.63, 3.8) is 0 Å². The molecule has 0 saturated carbocycles. The number of amides is 2. The maximum Gasteiger partial charge on any atom is 0.341 e. The monoisotopic (exact) mass is 520 g/mol. The molecule has 2 aromatic carbocycles. The fourth-order valence-electron chi connectivity index (χ4n) is 3.65. The molecule has 0 bridgehead atoms. The van der Waals surface area contributed by atoms with E-state index in [0.29, 0.717) is 35.1 Å². The number of esters is 1. The van der Waals surface area contributed by atoms with E-state index in [2.05, 4.69) is 5.32 Å². The molecule has 0 aliphatic carbocycles. The Morgan fingerprint density at radius 2 is 1.65 bits per heavy atom. The first-order valence-electron chi connectivity index (χ1n) is 12.2.